The molecule has 2 aliphatic rings. The van der Waals surface area contributed by atoms with Gasteiger partial charge in [-0.3, -0.25) is 14.9 Å². The maximum Gasteiger partial charge on any atom is 0.269 e. The number of piperidine rings is 1. The van der Waals surface area contributed by atoms with Crippen molar-refractivity contribution in [3.8, 4) is 0 Å². The van der Waals surface area contributed by atoms with Gasteiger partial charge < -0.3 is 9.80 Å². The topological polar surface area (TPSA) is 104 Å². The first-order valence-corrected chi connectivity index (χ1v) is 12.7. The van der Waals surface area contributed by atoms with E-state index in [1.165, 1.54) is 28.6 Å². The number of non-ortho nitro benzene ring substituents is 1. The summed E-state index contributed by atoms with van der Waals surface area (Å²) >= 11 is 6.23. The van der Waals surface area contributed by atoms with Crippen molar-refractivity contribution in [1.29, 1.82) is 0 Å². The number of carbonyl (C=O) groups excluding carboxylic acids is 1. The normalized spacial score (nSPS) is 17.7. The summed E-state index contributed by atoms with van der Waals surface area (Å²) in [7, 11) is -3.76. The Morgan fingerprint density at radius 1 is 0.909 bits per heavy atom. The zero-order valence-corrected chi connectivity index (χ0v) is 19.6. The Morgan fingerprint density at radius 2 is 1.55 bits per heavy atom. The van der Waals surface area contributed by atoms with Crippen LogP contribution in [0.15, 0.2) is 47.4 Å². The number of nitro groups is 1. The summed E-state index contributed by atoms with van der Waals surface area (Å²) in [5.41, 5.74) is 1.18. The number of anilines is 1. The molecule has 33 heavy (non-hydrogen) atoms. The van der Waals surface area contributed by atoms with E-state index in [4.69, 9.17) is 11.6 Å². The second kappa shape index (κ2) is 9.66. The lowest BCUT2D eigenvalue weighted by atomic mass is 10.1. The van der Waals surface area contributed by atoms with Gasteiger partial charge in [-0.05, 0) is 43.2 Å². The number of halogens is 1. The minimum Gasteiger partial charge on any atom is -0.368 e. The average Bonchev–Trinajstić information content (AvgIpc) is 2.84. The van der Waals surface area contributed by atoms with Crippen molar-refractivity contribution in [1.82, 2.24) is 9.21 Å². The van der Waals surface area contributed by atoms with Crippen LogP contribution in [0.4, 0.5) is 11.4 Å². The highest BCUT2D eigenvalue weighted by molar-refractivity contribution is 7.89. The van der Waals surface area contributed by atoms with Gasteiger partial charge in [-0.1, -0.05) is 18.0 Å². The van der Waals surface area contributed by atoms with Gasteiger partial charge in [-0.2, -0.15) is 4.31 Å². The predicted molar refractivity (Wildman–Crippen MR) is 125 cm³/mol. The molecule has 4 rings (SSSR count). The third kappa shape index (κ3) is 4.97. The summed E-state index contributed by atoms with van der Waals surface area (Å²) in [6, 6.07) is 10.7. The molecule has 2 aromatic carbocycles. The van der Waals surface area contributed by atoms with Crippen LogP contribution in [0, 0.1) is 10.1 Å². The fourth-order valence-electron chi connectivity index (χ4n) is 4.21. The molecule has 176 valence electrons. The largest absolute Gasteiger partial charge is 0.368 e. The van der Waals surface area contributed by atoms with Gasteiger partial charge in [0.25, 0.3) is 11.6 Å². The van der Waals surface area contributed by atoms with Gasteiger partial charge in [0.2, 0.25) is 10.0 Å². The van der Waals surface area contributed by atoms with Gasteiger partial charge >= 0.3 is 0 Å². The highest BCUT2D eigenvalue weighted by atomic mass is 35.5. The Hall–Kier alpha value is -2.69. The Balaban J connectivity index is 1.45. The summed E-state index contributed by atoms with van der Waals surface area (Å²) in [6.45, 7) is 2.95. The Kier molecular flexibility index (Phi) is 6.87. The molecule has 0 aromatic heterocycles. The van der Waals surface area contributed by atoms with E-state index >= 15 is 0 Å². The molecule has 0 unspecified atom stereocenters. The average molecular weight is 493 g/mol. The molecule has 11 heteroatoms. The van der Waals surface area contributed by atoms with Crippen LogP contribution in [-0.4, -0.2) is 67.7 Å². The second-order valence-corrected chi connectivity index (χ2v) is 10.5. The highest BCUT2D eigenvalue weighted by Gasteiger charge is 2.30. The smallest absolute Gasteiger partial charge is 0.269 e. The number of amides is 1. The van der Waals surface area contributed by atoms with Crippen LogP contribution in [0.2, 0.25) is 5.02 Å². The fraction of sp³-hybridized carbons (Fsp3) is 0.409. The van der Waals surface area contributed by atoms with Crippen molar-refractivity contribution >= 4 is 38.9 Å². The van der Waals surface area contributed by atoms with Crippen LogP contribution in [0.25, 0.3) is 0 Å². The monoisotopic (exact) mass is 492 g/mol. The SMILES string of the molecule is O=C(c1ccc(Cl)c(S(=O)(=O)N2CCCCC2)c1)N1CCN(c2ccc([N+](=O)[O-])cc2)CC1. The van der Waals surface area contributed by atoms with E-state index in [0.29, 0.717) is 44.8 Å². The van der Waals surface area contributed by atoms with Crippen molar-refractivity contribution in [2.45, 2.75) is 24.2 Å². The number of piperazine rings is 1. The maximum atomic E-state index is 13.1. The van der Waals surface area contributed by atoms with E-state index in [2.05, 4.69) is 4.90 Å². The van der Waals surface area contributed by atoms with Gasteiger partial charge in [0, 0.05) is 62.7 Å². The number of nitro benzene ring substituents is 1. The lowest BCUT2D eigenvalue weighted by Crippen LogP contribution is -2.48. The van der Waals surface area contributed by atoms with Gasteiger partial charge in [0.15, 0.2) is 0 Å². The minimum absolute atomic E-state index is 0.0265. The number of carbonyl (C=O) groups is 1. The van der Waals surface area contributed by atoms with E-state index in [0.717, 1.165) is 24.9 Å². The molecule has 0 aliphatic carbocycles. The summed E-state index contributed by atoms with van der Waals surface area (Å²) in [5.74, 6) is -0.245. The van der Waals surface area contributed by atoms with E-state index in [1.54, 1.807) is 23.1 Å². The first-order valence-electron chi connectivity index (χ1n) is 10.9. The first-order chi connectivity index (χ1) is 15.8. The number of benzene rings is 2. The molecule has 1 amide bonds. The predicted octanol–water partition coefficient (Wildman–Crippen LogP) is 3.39. The molecule has 2 aromatic rings. The standard InChI is InChI=1S/C22H25ClN4O5S/c23-20-9-4-17(16-21(20)33(31,32)26-10-2-1-3-11-26)22(28)25-14-12-24(13-15-25)18-5-7-19(8-6-18)27(29)30/h4-9,16H,1-3,10-15H2. The molecular weight excluding hydrogens is 468 g/mol. The Labute approximate surface area is 197 Å². The van der Waals surface area contributed by atoms with Crippen LogP contribution >= 0.6 is 11.6 Å². The van der Waals surface area contributed by atoms with Gasteiger partial charge in [-0.15, -0.1) is 0 Å². The van der Waals surface area contributed by atoms with Gasteiger partial charge in [-0.25, -0.2) is 8.42 Å². The minimum atomic E-state index is -3.76. The Bertz CT molecular complexity index is 1140. The van der Waals surface area contributed by atoms with E-state index in [-0.39, 0.29) is 21.5 Å². The molecule has 0 spiro atoms. The van der Waals surface area contributed by atoms with Crippen LogP contribution in [0.3, 0.4) is 0 Å². The molecule has 0 bridgehead atoms. The summed E-state index contributed by atoms with van der Waals surface area (Å²) in [6.07, 6.45) is 2.63. The summed E-state index contributed by atoms with van der Waals surface area (Å²) in [4.78, 5) is 27.2. The maximum absolute atomic E-state index is 13.1. The highest BCUT2D eigenvalue weighted by Crippen LogP contribution is 2.29. The molecule has 0 saturated carbocycles. The molecule has 9 nitrogen and oxygen atoms in total. The van der Waals surface area contributed by atoms with Crippen LogP contribution in [-0.2, 0) is 10.0 Å². The molecule has 0 atom stereocenters. The van der Waals surface area contributed by atoms with Crippen molar-refractivity contribution in [3.63, 3.8) is 0 Å². The molecule has 2 saturated heterocycles. The van der Waals surface area contributed by atoms with E-state index in [1.807, 2.05) is 0 Å². The lowest BCUT2D eigenvalue weighted by molar-refractivity contribution is -0.384. The third-order valence-corrected chi connectivity index (χ3v) is 8.48. The van der Waals surface area contributed by atoms with Crippen molar-refractivity contribution in [3.05, 3.63) is 63.2 Å². The van der Waals surface area contributed by atoms with Gasteiger partial charge in [0.1, 0.15) is 4.90 Å². The molecule has 2 heterocycles. The quantitative estimate of drug-likeness (QED) is 0.468. The number of sulfonamides is 1. The number of rotatable bonds is 5. The Morgan fingerprint density at radius 3 is 2.15 bits per heavy atom. The van der Waals surface area contributed by atoms with Crippen molar-refractivity contribution in [2.75, 3.05) is 44.2 Å². The van der Waals surface area contributed by atoms with Crippen LogP contribution < -0.4 is 4.90 Å². The zero-order chi connectivity index (χ0) is 23.6. The summed E-state index contributed by atoms with van der Waals surface area (Å²) in [5, 5.41) is 10.9. The fourth-order valence-corrected chi connectivity index (χ4v) is 6.23. The third-order valence-electron chi connectivity index (χ3n) is 6.10. The van der Waals surface area contributed by atoms with E-state index < -0.39 is 14.9 Å². The molecular formula is C22H25ClN4O5S. The lowest BCUT2D eigenvalue weighted by Gasteiger charge is -2.36. The second-order valence-electron chi connectivity index (χ2n) is 8.16. The van der Waals surface area contributed by atoms with Gasteiger partial charge in [0.05, 0.1) is 9.95 Å². The first kappa shape index (κ1) is 23.5. The van der Waals surface area contributed by atoms with E-state index in [9.17, 15) is 23.3 Å². The number of hydrogen-bond donors (Lipinski definition) is 0. The molecule has 2 aliphatic heterocycles. The summed E-state index contributed by atoms with van der Waals surface area (Å²) < 4.78 is 27.6. The molecule has 0 N–H and O–H groups in total. The number of nitrogens with zero attached hydrogens (tertiary/aromatic N) is 4. The van der Waals surface area contributed by atoms with Crippen molar-refractivity contribution < 1.29 is 18.1 Å². The van der Waals surface area contributed by atoms with Crippen LogP contribution in [0.5, 0.6) is 0 Å². The number of hydrogen-bond acceptors (Lipinski definition) is 6. The molecule has 0 radical (unpaired) electrons. The zero-order valence-electron chi connectivity index (χ0n) is 18.0. The molecule has 2 fully saturated rings. The van der Waals surface area contributed by atoms with Crippen molar-refractivity contribution in [2.24, 2.45) is 0 Å². The van der Waals surface area contributed by atoms with Crippen LogP contribution in [0.1, 0.15) is 29.6 Å².